The number of carbonyl (C=O) groups is 2. The highest BCUT2D eigenvalue weighted by atomic mass is 19.1. The lowest BCUT2D eigenvalue weighted by Gasteiger charge is -2.35. The summed E-state index contributed by atoms with van der Waals surface area (Å²) in [6, 6.07) is 2.94. The zero-order valence-electron chi connectivity index (χ0n) is 27.9. The van der Waals surface area contributed by atoms with Crippen molar-refractivity contribution in [2.45, 2.75) is 96.9 Å². The Morgan fingerprint density at radius 1 is 1.25 bits per heavy atom. The smallest absolute Gasteiger partial charge is 0.258 e. The molecule has 11 nitrogen and oxygen atoms in total. The van der Waals surface area contributed by atoms with Crippen molar-refractivity contribution in [1.82, 2.24) is 25.1 Å². The van der Waals surface area contributed by atoms with Gasteiger partial charge < -0.3 is 34.7 Å². The molecule has 2 aromatic heterocycles. The number of ether oxygens (including phenoxy) is 2. The lowest BCUT2D eigenvalue weighted by Crippen LogP contribution is -2.44. The number of hydrogen-bond donors (Lipinski definition) is 3. The minimum atomic E-state index is -1.53. The first-order valence-electron chi connectivity index (χ1n) is 16.8. The Morgan fingerprint density at radius 3 is 2.79 bits per heavy atom. The Morgan fingerprint density at radius 2 is 2.04 bits per heavy atom. The molecular formula is C36H42FN5O6. The molecule has 4 aliphatic rings. The van der Waals surface area contributed by atoms with Crippen molar-refractivity contribution in [1.29, 1.82) is 0 Å². The molecule has 0 saturated carbocycles. The predicted octanol–water partition coefficient (Wildman–Crippen LogP) is 3.58. The third-order valence-corrected chi connectivity index (χ3v) is 10.5. The van der Waals surface area contributed by atoms with Crippen LogP contribution in [0.3, 0.4) is 0 Å². The number of halogens is 1. The first kappa shape index (κ1) is 32.4. The van der Waals surface area contributed by atoms with E-state index in [9.17, 15) is 19.5 Å². The molecule has 3 aliphatic heterocycles. The number of nitrogens with one attached hydrogen (secondary N) is 2. The maximum atomic E-state index is 15.2. The third-order valence-electron chi connectivity index (χ3n) is 10.5. The number of hydrogen-bond acceptors (Lipinski definition) is 8. The highest BCUT2D eigenvalue weighted by Gasteiger charge is 2.42. The lowest BCUT2D eigenvalue weighted by molar-refractivity contribution is -0.146. The Kier molecular flexibility index (Phi) is 8.16. The molecule has 2 amide bonds. The maximum absolute atomic E-state index is 15.2. The van der Waals surface area contributed by atoms with Crippen LogP contribution in [0.5, 0.6) is 0 Å². The number of fused-ring (bicyclic) bond motifs is 5. The zero-order valence-corrected chi connectivity index (χ0v) is 27.9. The van der Waals surface area contributed by atoms with Crippen molar-refractivity contribution in [3.63, 3.8) is 0 Å². The molecule has 1 fully saturated rings. The van der Waals surface area contributed by atoms with E-state index in [0.29, 0.717) is 59.4 Å². The largest absolute Gasteiger partial charge is 0.490 e. The molecule has 1 aromatic carbocycles. The highest BCUT2D eigenvalue weighted by molar-refractivity contribution is 5.93. The number of rotatable bonds is 8. The number of aromatic nitrogens is 2. The first-order chi connectivity index (χ1) is 22.9. The summed E-state index contributed by atoms with van der Waals surface area (Å²) in [5.74, 6) is -0.559. The standard InChI is InChI=1S/C36H42FN5O6/c1-6-36(46)20(5)47-16-23-24(36)12-28-34-22(15-42(28)35(23)45)33-26(10-9-21-19(4)25(37)13-27(40-34)32(21)33)39-29(43)17-48-31-8-7-11-41(31)30(44)14-38-18(2)3/h12-13,18,26,31,38,46H,5-11,14-17H2,1-4H3,(H,39,43)/t26-,31?,36+/m0/s1. The van der Waals surface area contributed by atoms with Gasteiger partial charge in [0.2, 0.25) is 11.8 Å². The van der Waals surface area contributed by atoms with Crippen LogP contribution in [0.1, 0.15) is 85.9 Å². The summed E-state index contributed by atoms with van der Waals surface area (Å²) in [5, 5.41) is 18.6. The molecule has 12 heteroatoms. The highest BCUT2D eigenvalue weighted by Crippen LogP contribution is 2.46. The van der Waals surface area contributed by atoms with Crippen LogP contribution in [0.15, 0.2) is 29.3 Å². The van der Waals surface area contributed by atoms with Crippen molar-refractivity contribution >= 4 is 22.7 Å². The molecule has 1 saturated heterocycles. The quantitative estimate of drug-likeness (QED) is 0.262. The van der Waals surface area contributed by atoms with Gasteiger partial charge in [-0.1, -0.05) is 27.4 Å². The summed E-state index contributed by atoms with van der Waals surface area (Å²) in [5.41, 5.74) is 3.47. The van der Waals surface area contributed by atoms with E-state index in [4.69, 9.17) is 14.5 Å². The Balaban J connectivity index is 1.23. The van der Waals surface area contributed by atoms with Crippen molar-refractivity contribution in [2.24, 2.45) is 0 Å². The fourth-order valence-electron chi connectivity index (χ4n) is 7.81. The van der Waals surface area contributed by atoms with Gasteiger partial charge in [0, 0.05) is 35.2 Å². The van der Waals surface area contributed by atoms with Crippen LogP contribution in [0.4, 0.5) is 4.39 Å². The third kappa shape index (κ3) is 5.12. The van der Waals surface area contributed by atoms with Gasteiger partial charge in [0.15, 0.2) is 0 Å². The Bertz CT molecular complexity index is 1940. The molecule has 0 bridgehead atoms. The van der Waals surface area contributed by atoms with Crippen molar-refractivity contribution in [2.75, 3.05) is 19.7 Å². The first-order valence-corrected chi connectivity index (χ1v) is 16.8. The summed E-state index contributed by atoms with van der Waals surface area (Å²) in [4.78, 5) is 46.8. The number of aliphatic hydroxyl groups is 1. The van der Waals surface area contributed by atoms with Gasteiger partial charge in [0.1, 0.15) is 36.6 Å². The van der Waals surface area contributed by atoms with E-state index in [1.54, 1.807) is 29.4 Å². The molecule has 254 valence electrons. The Hall–Kier alpha value is -4.13. The van der Waals surface area contributed by atoms with Crippen LogP contribution in [-0.4, -0.2) is 63.3 Å². The summed E-state index contributed by atoms with van der Waals surface area (Å²) in [7, 11) is 0. The summed E-state index contributed by atoms with van der Waals surface area (Å²) < 4.78 is 28.5. The van der Waals surface area contributed by atoms with E-state index < -0.39 is 17.9 Å². The van der Waals surface area contributed by atoms with Gasteiger partial charge in [0.05, 0.1) is 41.6 Å². The number of aryl methyl sites for hydroxylation is 1. The number of amides is 2. The number of carbonyl (C=O) groups excluding carboxylic acids is 2. The van der Waals surface area contributed by atoms with E-state index in [2.05, 4.69) is 17.2 Å². The fraction of sp³-hybridized carbons (Fsp3) is 0.500. The molecule has 3 N–H and O–H groups in total. The number of benzene rings is 1. The molecule has 5 heterocycles. The molecule has 3 atom stereocenters. The van der Waals surface area contributed by atoms with Gasteiger partial charge in [-0.3, -0.25) is 14.4 Å². The van der Waals surface area contributed by atoms with Crippen molar-refractivity contribution in [3.05, 3.63) is 74.0 Å². The summed E-state index contributed by atoms with van der Waals surface area (Å²) in [6.45, 7) is 12.2. The molecule has 3 aromatic rings. The normalized spacial score (nSPS) is 22.5. The average molecular weight is 660 g/mol. The SMILES string of the molecule is C=C1OCc2c(cc3n(c2=O)Cc2c-3nc3cc(F)c(C)c4c3c2[C@@H](NC(=O)COC2CCCN2C(=O)CNC(C)C)CC4)[C@@]1(O)CC. The van der Waals surface area contributed by atoms with Gasteiger partial charge in [0.25, 0.3) is 5.56 Å². The second-order valence-electron chi connectivity index (χ2n) is 13.6. The molecule has 1 aliphatic carbocycles. The van der Waals surface area contributed by atoms with Crippen LogP contribution in [0.2, 0.25) is 0 Å². The second-order valence-corrected chi connectivity index (χ2v) is 13.6. The maximum Gasteiger partial charge on any atom is 0.258 e. The Labute approximate surface area is 278 Å². The zero-order chi connectivity index (χ0) is 34.1. The van der Waals surface area contributed by atoms with E-state index in [1.807, 2.05) is 13.8 Å². The topological polar surface area (TPSA) is 135 Å². The number of likely N-dealkylation sites (tertiary alicyclic amines) is 1. The van der Waals surface area contributed by atoms with Crippen LogP contribution in [-0.2, 0) is 44.2 Å². The molecule has 0 spiro atoms. The van der Waals surface area contributed by atoms with Gasteiger partial charge in [-0.25, -0.2) is 9.37 Å². The predicted molar refractivity (Wildman–Crippen MR) is 176 cm³/mol. The molecule has 48 heavy (non-hydrogen) atoms. The monoisotopic (exact) mass is 659 g/mol. The van der Waals surface area contributed by atoms with E-state index in [1.165, 1.54) is 6.07 Å². The average Bonchev–Trinajstić information content (AvgIpc) is 3.69. The second kappa shape index (κ2) is 12.1. The molecule has 1 unspecified atom stereocenters. The summed E-state index contributed by atoms with van der Waals surface area (Å²) in [6.07, 6.45) is 2.31. The van der Waals surface area contributed by atoms with Crippen LogP contribution < -0.4 is 16.2 Å². The fourth-order valence-corrected chi connectivity index (χ4v) is 7.81. The molecule has 0 radical (unpaired) electrons. The summed E-state index contributed by atoms with van der Waals surface area (Å²) >= 11 is 0. The minimum Gasteiger partial charge on any atom is -0.490 e. The minimum absolute atomic E-state index is 0.000306. The van der Waals surface area contributed by atoms with Crippen molar-refractivity contribution in [3.8, 4) is 11.4 Å². The van der Waals surface area contributed by atoms with E-state index >= 15 is 4.39 Å². The van der Waals surface area contributed by atoms with E-state index in [-0.39, 0.29) is 67.7 Å². The van der Waals surface area contributed by atoms with Gasteiger partial charge in [-0.15, -0.1) is 0 Å². The van der Waals surface area contributed by atoms with Gasteiger partial charge >= 0.3 is 0 Å². The van der Waals surface area contributed by atoms with Crippen LogP contribution >= 0.6 is 0 Å². The van der Waals surface area contributed by atoms with Gasteiger partial charge in [-0.2, -0.15) is 0 Å². The number of nitrogens with zero attached hydrogens (tertiary/aromatic N) is 3. The lowest BCUT2D eigenvalue weighted by atomic mass is 9.81. The molecule has 7 rings (SSSR count). The van der Waals surface area contributed by atoms with Crippen molar-refractivity contribution < 1.29 is 28.6 Å². The van der Waals surface area contributed by atoms with E-state index in [0.717, 1.165) is 28.5 Å². The molecular weight excluding hydrogens is 617 g/mol. The number of pyridine rings is 2. The van der Waals surface area contributed by atoms with Crippen LogP contribution in [0.25, 0.3) is 22.3 Å². The van der Waals surface area contributed by atoms with Gasteiger partial charge in [-0.05, 0) is 61.8 Å². The van der Waals surface area contributed by atoms with Crippen LogP contribution in [0, 0.1) is 12.7 Å².